The fraction of sp³-hybridized carbons (Fsp3) is 0.892. The molecule has 11 nitrogen and oxygen atoms in total. The molecule has 11 unspecified atom stereocenters. The van der Waals surface area contributed by atoms with Gasteiger partial charge in [0.2, 0.25) is 0 Å². The molecule has 0 amide bonds. The first-order valence-electron chi connectivity index (χ1n) is 19.0. The number of carbonyl (C=O) groups is 2. The van der Waals surface area contributed by atoms with Gasteiger partial charge in [-0.15, -0.1) is 0 Å². The molecule has 0 aromatic heterocycles. The van der Waals surface area contributed by atoms with Gasteiger partial charge in [0, 0.05) is 48.7 Å². The second-order valence-corrected chi connectivity index (χ2v) is 16.2. The van der Waals surface area contributed by atoms with Crippen LogP contribution >= 0.6 is 0 Å². The van der Waals surface area contributed by atoms with E-state index < -0.39 is 54.1 Å². The van der Waals surface area contributed by atoms with Gasteiger partial charge in [-0.05, 0) is 77.0 Å². The van der Waals surface area contributed by atoms with Crippen LogP contribution in [0.2, 0.25) is 0 Å². The van der Waals surface area contributed by atoms with E-state index >= 15 is 0 Å². The second kappa shape index (κ2) is 15.4. The van der Waals surface area contributed by atoms with Crippen LogP contribution in [0.15, 0.2) is 11.6 Å². The average molecular weight is 678 g/mol. The molecule has 8 N–H and O–H groups in total. The van der Waals surface area contributed by atoms with Gasteiger partial charge in [0.05, 0.1) is 49.6 Å². The number of aliphatic hydroxyl groups is 4. The van der Waals surface area contributed by atoms with E-state index in [0.29, 0.717) is 37.2 Å². The van der Waals surface area contributed by atoms with Crippen LogP contribution in [0, 0.1) is 41.4 Å². The van der Waals surface area contributed by atoms with Gasteiger partial charge in [-0.25, -0.2) is 4.79 Å². The number of hydrogen-bond acceptors (Lipinski definition) is 10. The molecule has 3 aliphatic heterocycles. The van der Waals surface area contributed by atoms with Crippen molar-refractivity contribution in [2.75, 3.05) is 19.8 Å². The standard InChI is InChI=1S/C37H60N2O9/c1-3-26(21-7-4-5-8-21)36(45)47-29-16-27-33(44)32-28(43)15-25(19-41)46-35(32)31(22-9-6-10-24(42)14-22)34(27)48-37(29,2)23(18-40)13-20-11-12-30(38)39-17-20/h3,20-25,27,29-35,39-42,44H,4-19,38H2,1-2H3/p+1/t20?,22?,23-,24?,25?,27?,29-,30?,31?,32?,33?,34?,35?,37-/m0/s1. The van der Waals surface area contributed by atoms with Crippen molar-refractivity contribution in [3.63, 3.8) is 0 Å². The summed E-state index contributed by atoms with van der Waals surface area (Å²) >= 11 is 0. The van der Waals surface area contributed by atoms with Crippen molar-refractivity contribution in [2.24, 2.45) is 47.2 Å². The highest BCUT2D eigenvalue weighted by atomic mass is 16.6. The van der Waals surface area contributed by atoms with Crippen LogP contribution in [0.1, 0.15) is 97.3 Å². The lowest BCUT2D eigenvalue weighted by molar-refractivity contribution is -0.703. The van der Waals surface area contributed by atoms with E-state index in [1.165, 1.54) is 0 Å². The third-order valence-electron chi connectivity index (χ3n) is 13.4. The number of allylic oxidation sites excluding steroid dienone is 1. The quantitative estimate of drug-likeness (QED) is 0.154. The number of Topliss-reactive ketones (excluding diaryl/α,β-unsaturated/α-hetero) is 1. The van der Waals surface area contributed by atoms with E-state index in [1.54, 1.807) is 0 Å². The second-order valence-electron chi connectivity index (χ2n) is 16.2. The molecule has 3 aliphatic carbocycles. The number of nitrogens with two attached hydrogens (primary N) is 2. The number of carbonyl (C=O) groups excluding carboxylic acids is 2. The van der Waals surface area contributed by atoms with E-state index in [2.05, 4.69) is 5.32 Å². The van der Waals surface area contributed by atoms with Crippen LogP contribution in [0.3, 0.4) is 0 Å². The number of aliphatic hydroxyl groups excluding tert-OH is 4. The lowest BCUT2D eigenvalue weighted by Gasteiger charge is -2.60. The fourth-order valence-electron chi connectivity index (χ4n) is 10.6. The summed E-state index contributed by atoms with van der Waals surface area (Å²) in [7, 11) is 0. The summed E-state index contributed by atoms with van der Waals surface area (Å²) in [5.41, 5.74) is 5.77. The maximum Gasteiger partial charge on any atom is 0.334 e. The Morgan fingerprint density at radius 2 is 1.85 bits per heavy atom. The number of ether oxygens (including phenoxy) is 3. The predicted octanol–water partition coefficient (Wildman–Crippen LogP) is 1.33. The molecular formula is C37H61N2O9+. The summed E-state index contributed by atoms with van der Waals surface area (Å²) in [6.07, 6.45) is 7.54. The highest BCUT2D eigenvalue weighted by Gasteiger charge is 2.64. The van der Waals surface area contributed by atoms with Crippen LogP contribution in [-0.4, -0.2) is 100 Å². The molecule has 6 fully saturated rings. The van der Waals surface area contributed by atoms with Crippen molar-refractivity contribution in [1.82, 2.24) is 0 Å². The normalized spacial score (nSPS) is 44.9. The highest BCUT2D eigenvalue weighted by molar-refractivity contribution is 5.89. The third-order valence-corrected chi connectivity index (χ3v) is 13.4. The van der Waals surface area contributed by atoms with Gasteiger partial charge < -0.3 is 40.0 Å². The predicted molar refractivity (Wildman–Crippen MR) is 176 cm³/mol. The summed E-state index contributed by atoms with van der Waals surface area (Å²) in [5, 5.41) is 46.1. The average Bonchev–Trinajstić information content (AvgIpc) is 3.60. The Hall–Kier alpha value is -1.44. The van der Waals surface area contributed by atoms with E-state index in [4.69, 9.17) is 19.9 Å². The van der Waals surface area contributed by atoms with Crippen molar-refractivity contribution in [3.05, 3.63) is 11.6 Å². The smallest absolute Gasteiger partial charge is 0.334 e. The summed E-state index contributed by atoms with van der Waals surface area (Å²) in [5.74, 6) is -2.05. The SMILES string of the molecule is CC=C(C(=O)O[C@H]1CC2C(O)C3C(=O)CC(CO)OC3C(C3CCCC(O)C3)C2O[C@@]1(C)[C@H](CO)CC1CCC(N)[NH2+]C1)C1CCCC1. The summed E-state index contributed by atoms with van der Waals surface area (Å²) < 4.78 is 20.2. The van der Waals surface area contributed by atoms with E-state index in [0.717, 1.165) is 57.9 Å². The number of rotatable bonds is 9. The molecule has 6 aliphatic rings. The zero-order valence-electron chi connectivity index (χ0n) is 29.0. The third kappa shape index (κ3) is 7.17. The largest absolute Gasteiger partial charge is 0.456 e. The molecule has 48 heavy (non-hydrogen) atoms. The molecule has 6 rings (SSSR count). The summed E-state index contributed by atoms with van der Waals surface area (Å²) in [6, 6.07) is 0. The van der Waals surface area contributed by atoms with E-state index in [1.807, 2.05) is 19.9 Å². The molecule has 272 valence electrons. The molecular weight excluding hydrogens is 616 g/mol. The van der Waals surface area contributed by atoms with Gasteiger partial charge in [-0.2, -0.15) is 0 Å². The summed E-state index contributed by atoms with van der Waals surface area (Å²) in [4.78, 5) is 27.6. The van der Waals surface area contributed by atoms with Crippen LogP contribution in [-0.2, 0) is 23.8 Å². The molecule has 14 atom stereocenters. The molecule has 0 bridgehead atoms. The molecule has 3 heterocycles. The molecule has 3 saturated carbocycles. The van der Waals surface area contributed by atoms with Crippen LogP contribution in [0.4, 0.5) is 0 Å². The zero-order valence-corrected chi connectivity index (χ0v) is 29.0. The zero-order chi connectivity index (χ0) is 34.2. The van der Waals surface area contributed by atoms with E-state index in [-0.39, 0.29) is 61.2 Å². The lowest BCUT2D eigenvalue weighted by atomic mass is 9.57. The van der Waals surface area contributed by atoms with Crippen molar-refractivity contribution in [2.45, 2.75) is 146 Å². The molecule has 0 aromatic rings. The van der Waals surface area contributed by atoms with Gasteiger partial charge >= 0.3 is 5.97 Å². The summed E-state index contributed by atoms with van der Waals surface area (Å²) in [6.45, 7) is 4.23. The molecule has 0 radical (unpaired) electrons. The fourth-order valence-corrected chi connectivity index (χ4v) is 10.6. The molecule has 11 heteroatoms. The number of esters is 1. The van der Waals surface area contributed by atoms with Crippen molar-refractivity contribution < 1.29 is 49.5 Å². The Balaban J connectivity index is 1.36. The number of hydrogen-bond donors (Lipinski definition) is 6. The molecule has 0 spiro atoms. The molecule has 0 aromatic carbocycles. The lowest BCUT2D eigenvalue weighted by Crippen LogP contribution is -2.95. The van der Waals surface area contributed by atoms with Gasteiger partial charge in [0.15, 0.2) is 0 Å². The van der Waals surface area contributed by atoms with Crippen LogP contribution < -0.4 is 11.1 Å². The number of fused-ring (bicyclic) bond motifs is 2. The van der Waals surface area contributed by atoms with Gasteiger partial charge in [-0.3, -0.25) is 10.5 Å². The Morgan fingerprint density at radius 1 is 1.08 bits per heavy atom. The first kappa shape index (κ1) is 36.4. The minimum atomic E-state index is -1.09. The minimum Gasteiger partial charge on any atom is -0.456 e. The Labute approximate surface area is 285 Å². The van der Waals surface area contributed by atoms with E-state index in [9.17, 15) is 30.0 Å². The Morgan fingerprint density at radius 3 is 2.50 bits per heavy atom. The molecule has 3 saturated heterocycles. The number of piperidine rings is 1. The monoisotopic (exact) mass is 677 g/mol. The van der Waals surface area contributed by atoms with Crippen LogP contribution in [0.5, 0.6) is 0 Å². The van der Waals surface area contributed by atoms with Crippen molar-refractivity contribution in [3.8, 4) is 0 Å². The van der Waals surface area contributed by atoms with Crippen molar-refractivity contribution in [1.29, 1.82) is 0 Å². The number of ketones is 1. The topological polar surface area (TPSA) is 185 Å². The maximum atomic E-state index is 14.0. The number of quaternary nitrogens is 1. The minimum absolute atomic E-state index is 0.0196. The first-order valence-corrected chi connectivity index (χ1v) is 19.0. The van der Waals surface area contributed by atoms with Gasteiger partial charge in [0.25, 0.3) is 0 Å². The Kier molecular flexibility index (Phi) is 11.7. The van der Waals surface area contributed by atoms with Gasteiger partial charge in [-0.1, -0.05) is 25.3 Å². The van der Waals surface area contributed by atoms with Crippen molar-refractivity contribution >= 4 is 11.8 Å². The Bertz CT molecular complexity index is 1150. The van der Waals surface area contributed by atoms with Gasteiger partial charge in [0.1, 0.15) is 23.7 Å². The first-order chi connectivity index (χ1) is 23.1. The maximum absolute atomic E-state index is 14.0. The highest BCUT2D eigenvalue weighted by Crippen LogP contribution is 2.54. The van der Waals surface area contributed by atoms with Crippen LogP contribution in [0.25, 0.3) is 0 Å².